The quantitative estimate of drug-likeness (QED) is 0.150. The zero-order chi connectivity index (χ0) is 33.9. The first-order valence-corrected chi connectivity index (χ1v) is 16.9. The van der Waals surface area contributed by atoms with E-state index in [0.717, 1.165) is 78.3 Å². The Kier molecular flexibility index (Phi) is 6.85. The molecule has 0 radical (unpaired) electrons. The van der Waals surface area contributed by atoms with Crippen LogP contribution in [0.3, 0.4) is 0 Å². The fourth-order valence-corrected chi connectivity index (χ4v) is 7.76. The molecule has 9 rings (SSSR count). The first-order valence-electron chi connectivity index (χ1n) is 16.9. The molecule has 1 aliphatic carbocycles. The molecule has 4 nitrogen and oxygen atoms in total. The Bertz CT molecular complexity index is 2590. The molecule has 0 unspecified atom stereocenters. The minimum absolute atomic E-state index is 0.0471. The molecule has 0 spiro atoms. The number of para-hydroxylation sites is 2. The molecule has 238 valence electrons. The number of aromatic nitrogens is 1. The molecule has 4 heteroatoms. The van der Waals surface area contributed by atoms with E-state index in [1.54, 1.807) is 0 Å². The second kappa shape index (κ2) is 11.6. The molecule has 0 saturated carbocycles. The van der Waals surface area contributed by atoms with Crippen LogP contribution in [0.5, 0.6) is 0 Å². The number of fused-ring (bicyclic) bond motifs is 2. The predicted octanol–water partition coefficient (Wildman–Crippen LogP) is 10.9. The van der Waals surface area contributed by atoms with Crippen LogP contribution < -0.4 is 4.58 Å². The third kappa shape index (κ3) is 4.46. The molecule has 0 atom stereocenters. The molecule has 0 bridgehead atoms. The minimum atomic E-state index is -0.140. The van der Waals surface area contributed by atoms with Gasteiger partial charge in [0.15, 0.2) is 5.71 Å². The van der Waals surface area contributed by atoms with E-state index in [-0.39, 0.29) is 11.5 Å². The van der Waals surface area contributed by atoms with Crippen LogP contribution in [0.2, 0.25) is 0 Å². The molecule has 2 aliphatic rings. The molecule has 2 heterocycles. The fourth-order valence-electron chi connectivity index (χ4n) is 7.76. The van der Waals surface area contributed by atoms with Crippen LogP contribution in [0, 0.1) is 6.92 Å². The van der Waals surface area contributed by atoms with E-state index in [0.29, 0.717) is 11.1 Å². The van der Waals surface area contributed by atoms with Gasteiger partial charge in [0, 0.05) is 47.5 Å². The number of Topliss-reactive ketones (excluding diaryl/α,β-unsaturated/α-hetero) is 1. The van der Waals surface area contributed by atoms with Crippen LogP contribution in [0.4, 0.5) is 11.4 Å². The Morgan fingerprint density at radius 1 is 0.540 bits per heavy atom. The van der Waals surface area contributed by atoms with Crippen LogP contribution in [0.1, 0.15) is 23.7 Å². The van der Waals surface area contributed by atoms with Gasteiger partial charge in [0.25, 0.3) is 0 Å². The Hall–Kier alpha value is -6.52. The summed E-state index contributed by atoms with van der Waals surface area (Å²) < 4.78 is 4.36. The molecule has 50 heavy (non-hydrogen) atoms. The maximum atomic E-state index is 14.4. The summed E-state index contributed by atoms with van der Waals surface area (Å²) in [5.41, 5.74) is 13.6. The van der Waals surface area contributed by atoms with Gasteiger partial charge >= 0.3 is 0 Å². The first-order chi connectivity index (χ1) is 24.5. The monoisotopic (exact) mass is 645 g/mol. The molecular formula is C46H33N2O2+. The highest BCUT2D eigenvalue weighted by atomic mass is 16.3. The lowest BCUT2D eigenvalue weighted by atomic mass is 9.78. The van der Waals surface area contributed by atoms with Crippen LogP contribution in [-0.2, 0) is 4.79 Å². The van der Waals surface area contributed by atoms with Crippen molar-refractivity contribution in [2.75, 3.05) is 0 Å². The number of nitrogens with zero attached hydrogens (tertiary/aromatic N) is 2. The summed E-state index contributed by atoms with van der Waals surface area (Å²) in [7, 11) is 0. The topological polar surface area (TPSA) is 45.2 Å². The van der Waals surface area contributed by atoms with Crippen molar-refractivity contribution in [3.63, 3.8) is 0 Å². The Balaban J connectivity index is 1.16. The van der Waals surface area contributed by atoms with Crippen molar-refractivity contribution in [1.82, 2.24) is 9.14 Å². The summed E-state index contributed by atoms with van der Waals surface area (Å²) in [6.45, 7) is 4.06. The average Bonchev–Trinajstić information content (AvgIpc) is 3.62. The smallest absolute Gasteiger partial charge is 0.219 e. The minimum Gasteiger partial charge on any atom is -0.506 e. The molecule has 0 amide bonds. The van der Waals surface area contributed by atoms with Crippen molar-refractivity contribution in [3.05, 3.63) is 186 Å². The number of hydrogen-bond donors (Lipinski definition) is 1. The number of aliphatic hydroxyl groups excluding tert-OH is 1. The van der Waals surface area contributed by atoms with Crippen LogP contribution >= 0.6 is 0 Å². The van der Waals surface area contributed by atoms with E-state index < -0.39 is 0 Å². The Morgan fingerprint density at radius 2 is 1.08 bits per heavy atom. The standard InChI is InChI=1S/C46H32N2O2/c1-29-41(37-17-9-11-19-39(37)47(29)35-25-21-33(22-26-35)31-13-5-3-6-14-31)43-45(49)44(46(43)50)42-30(2)48(40-20-12-10-18-38(40)42)36-27-23-34(24-28-36)32-15-7-4-8-16-32/h3-28H,1-2H3/p+1. The predicted molar refractivity (Wildman–Crippen MR) is 205 cm³/mol. The van der Waals surface area contributed by atoms with E-state index in [2.05, 4.69) is 94.1 Å². The van der Waals surface area contributed by atoms with Gasteiger partial charge in [-0.1, -0.05) is 103 Å². The van der Waals surface area contributed by atoms with Crippen molar-refractivity contribution in [1.29, 1.82) is 0 Å². The van der Waals surface area contributed by atoms with E-state index in [9.17, 15) is 9.90 Å². The molecule has 0 saturated heterocycles. The number of benzene rings is 6. The average molecular weight is 646 g/mol. The van der Waals surface area contributed by atoms with Crippen LogP contribution in [0.15, 0.2) is 169 Å². The number of hydrogen-bond acceptors (Lipinski definition) is 2. The number of carbonyl (C=O) groups is 1. The lowest BCUT2D eigenvalue weighted by Gasteiger charge is -2.23. The number of carbonyl (C=O) groups excluding carboxylic acids is 1. The van der Waals surface area contributed by atoms with E-state index in [4.69, 9.17) is 0 Å². The van der Waals surface area contributed by atoms with Crippen molar-refractivity contribution in [3.8, 4) is 27.9 Å². The molecule has 1 aromatic heterocycles. The van der Waals surface area contributed by atoms with Gasteiger partial charge in [0.05, 0.1) is 27.8 Å². The van der Waals surface area contributed by atoms with Crippen LogP contribution in [-0.4, -0.2) is 21.2 Å². The highest BCUT2D eigenvalue weighted by molar-refractivity contribution is 6.48. The van der Waals surface area contributed by atoms with E-state index in [1.807, 2.05) is 86.6 Å². The summed E-state index contributed by atoms with van der Waals surface area (Å²) in [6, 6.07) is 53.8. The normalized spacial score (nSPS) is 15.5. The molecule has 0 fully saturated rings. The first kappa shape index (κ1) is 29.6. The maximum absolute atomic E-state index is 14.4. The maximum Gasteiger partial charge on any atom is 0.219 e. The molecule has 1 aliphatic heterocycles. The molecule has 7 aromatic rings. The van der Waals surface area contributed by atoms with Crippen molar-refractivity contribution in [2.24, 2.45) is 0 Å². The van der Waals surface area contributed by atoms with E-state index >= 15 is 0 Å². The van der Waals surface area contributed by atoms with Crippen LogP contribution in [0.25, 0.3) is 50.0 Å². The summed E-state index contributed by atoms with van der Waals surface area (Å²) in [6.07, 6.45) is 0. The highest BCUT2D eigenvalue weighted by Gasteiger charge is 2.45. The largest absolute Gasteiger partial charge is 0.506 e. The third-order valence-corrected chi connectivity index (χ3v) is 10.1. The number of rotatable bonds is 5. The summed E-state index contributed by atoms with van der Waals surface area (Å²) >= 11 is 0. The Labute approximate surface area is 290 Å². The van der Waals surface area contributed by atoms with Gasteiger partial charge in [-0.05, 0) is 65.6 Å². The van der Waals surface area contributed by atoms with Gasteiger partial charge in [-0.2, -0.15) is 4.58 Å². The SMILES string of the molecule is CC1=[N+](c2ccc(-c3ccccc3)cc2)c2ccccc2/C1=C1/C(=O)C(c2c(C)n(-c3ccc(-c4ccccc4)cc3)c3ccccc23)=C1O. The zero-order valence-corrected chi connectivity index (χ0v) is 27.8. The van der Waals surface area contributed by atoms with Gasteiger partial charge in [0.1, 0.15) is 5.76 Å². The van der Waals surface area contributed by atoms with Gasteiger partial charge in [-0.15, -0.1) is 0 Å². The lowest BCUT2D eigenvalue weighted by Crippen LogP contribution is -2.24. The number of allylic oxidation sites excluding steroid dienone is 3. The third-order valence-electron chi connectivity index (χ3n) is 10.1. The van der Waals surface area contributed by atoms with Crippen molar-refractivity contribution >= 4 is 44.9 Å². The van der Waals surface area contributed by atoms with Crippen molar-refractivity contribution in [2.45, 2.75) is 13.8 Å². The summed E-state index contributed by atoms with van der Waals surface area (Å²) in [5.74, 6) is -0.0933. The van der Waals surface area contributed by atoms with E-state index in [1.165, 1.54) is 0 Å². The van der Waals surface area contributed by atoms with Crippen molar-refractivity contribution < 1.29 is 9.90 Å². The van der Waals surface area contributed by atoms with Gasteiger partial charge in [-0.25, -0.2) is 0 Å². The van der Waals surface area contributed by atoms with Gasteiger partial charge in [-0.3, -0.25) is 4.79 Å². The molecule has 1 N–H and O–H groups in total. The lowest BCUT2D eigenvalue weighted by molar-refractivity contribution is -0.111. The second-order valence-corrected chi connectivity index (χ2v) is 12.9. The summed E-state index contributed by atoms with van der Waals surface area (Å²) in [5, 5.41) is 12.8. The highest BCUT2D eigenvalue weighted by Crippen LogP contribution is 2.48. The van der Waals surface area contributed by atoms with Gasteiger partial charge < -0.3 is 9.67 Å². The summed E-state index contributed by atoms with van der Waals surface area (Å²) in [4.78, 5) is 14.4. The number of aliphatic hydroxyl groups is 1. The second-order valence-electron chi connectivity index (χ2n) is 12.9. The van der Waals surface area contributed by atoms with Gasteiger partial charge in [0.2, 0.25) is 17.2 Å². The molecule has 6 aromatic carbocycles. The fraction of sp³-hybridized carbons (Fsp3) is 0.0435. The number of ketones is 1. The molecular weight excluding hydrogens is 613 g/mol. The Morgan fingerprint density at radius 3 is 1.72 bits per heavy atom. The zero-order valence-electron chi connectivity index (χ0n) is 27.8.